The molecule has 2 aromatic rings. The van der Waals surface area contributed by atoms with Gasteiger partial charge in [0.25, 0.3) is 0 Å². The van der Waals surface area contributed by atoms with Crippen LogP contribution >= 0.6 is 0 Å². The summed E-state index contributed by atoms with van der Waals surface area (Å²) < 4.78 is 5.62. The van der Waals surface area contributed by atoms with E-state index < -0.39 is 5.97 Å². The van der Waals surface area contributed by atoms with Gasteiger partial charge in [-0.1, -0.05) is 18.2 Å². The Bertz CT molecular complexity index is 618. The van der Waals surface area contributed by atoms with Crippen molar-refractivity contribution in [1.29, 1.82) is 0 Å². The summed E-state index contributed by atoms with van der Waals surface area (Å²) in [5.74, 6) is -0.239. The summed E-state index contributed by atoms with van der Waals surface area (Å²) in [5.41, 5.74) is 2.65. The molecule has 1 heterocycles. The smallest absolute Gasteiger partial charge is 0.328 e. The van der Waals surface area contributed by atoms with Gasteiger partial charge in [-0.2, -0.15) is 0 Å². The van der Waals surface area contributed by atoms with Crippen LogP contribution in [0.3, 0.4) is 0 Å². The van der Waals surface area contributed by atoms with Crippen LogP contribution in [0.4, 0.5) is 0 Å². The second-order valence-electron chi connectivity index (χ2n) is 4.30. The summed E-state index contributed by atoms with van der Waals surface area (Å²) in [7, 11) is 0. The molecule has 1 aromatic carbocycles. The molecule has 0 radical (unpaired) electrons. The molecule has 20 heavy (non-hydrogen) atoms. The van der Waals surface area contributed by atoms with Crippen LogP contribution < -0.4 is 4.74 Å². The lowest BCUT2D eigenvalue weighted by Gasteiger charge is -2.06. The number of carboxylic acids is 1. The molecule has 0 fully saturated rings. The second kappa shape index (κ2) is 6.52. The molecule has 0 saturated heterocycles. The highest BCUT2D eigenvalue weighted by molar-refractivity contribution is 5.85. The Morgan fingerprint density at radius 3 is 2.65 bits per heavy atom. The Hall–Kier alpha value is -2.62. The number of rotatable bonds is 5. The zero-order valence-corrected chi connectivity index (χ0v) is 11.1. The average Bonchev–Trinajstić information content (AvgIpc) is 2.44. The van der Waals surface area contributed by atoms with Crippen molar-refractivity contribution in [3.05, 3.63) is 65.5 Å². The highest BCUT2D eigenvalue weighted by Gasteiger charge is 1.98. The van der Waals surface area contributed by atoms with Crippen molar-refractivity contribution in [3.8, 4) is 5.75 Å². The molecular formula is C16H15NO3. The van der Waals surface area contributed by atoms with E-state index in [0.29, 0.717) is 6.61 Å². The van der Waals surface area contributed by atoms with Gasteiger partial charge in [0.2, 0.25) is 0 Å². The van der Waals surface area contributed by atoms with Gasteiger partial charge >= 0.3 is 5.97 Å². The summed E-state index contributed by atoms with van der Waals surface area (Å²) in [6.45, 7) is 2.35. The third kappa shape index (κ3) is 4.24. The van der Waals surface area contributed by atoms with Gasteiger partial charge in [0, 0.05) is 11.8 Å². The minimum atomic E-state index is -0.962. The van der Waals surface area contributed by atoms with Gasteiger partial charge in [-0.25, -0.2) is 4.79 Å². The zero-order valence-electron chi connectivity index (χ0n) is 11.1. The van der Waals surface area contributed by atoms with E-state index in [0.717, 1.165) is 28.8 Å². The van der Waals surface area contributed by atoms with Gasteiger partial charge in [-0.05, 0) is 42.8 Å². The topological polar surface area (TPSA) is 59.4 Å². The Morgan fingerprint density at radius 1 is 1.25 bits per heavy atom. The Labute approximate surface area is 117 Å². The van der Waals surface area contributed by atoms with Crippen LogP contribution in [0.25, 0.3) is 6.08 Å². The number of aliphatic carboxylic acids is 1. The number of aryl methyl sites for hydroxylation is 1. The minimum absolute atomic E-state index is 0.409. The zero-order chi connectivity index (χ0) is 14.4. The molecule has 2 rings (SSSR count). The lowest BCUT2D eigenvalue weighted by Crippen LogP contribution is -1.98. The standard InChI is InChI=1S/C16H15NO3/c1-12-3-2-4-14(17-12)11-20-15-8-5-13(6-9-15)7-10-16(18)19/h2-10H,11H2,1H3,(H,18,19). The number of ether oxygens (including phenoxy) is 1. The molecule has 0 aliphatic carbocycles. The Morgan fingerprint density at radius 2 is 2.00 bits per heavy atom. The number of benzene rings is 1. The van der Waals surface area contributed by atoms with E-state index in [1.807, 2.05) is 25.1 Å². The maximum atomic E-state index is 10.4. The van der Waals surface area contributed by atoms with Crippen LogP contribution in [0, 0.1) is 6.92 Å². The van der Waals surface area contributed by atoms with E-state index in [4.69, 9.17) is 9.84 Å². The number of hydrogen-bond donors (Lipinski definition) is 1. The van der Waals surface area contributed by atoms with Gasteiger partial charge in [0.05, 0.1) is 5.69 Å². The first-order valence-corrected chi connectivity index (χ1v) is 6.20. The molecular weight excluding hydrogens is 254 g/mol. The van der Waals surface area contributed by atoms with Gasteiger partial charge in [0.15, 0.2) is 0 Å². The fourth-order valence-electron chi connectivity index (χ4n) is 1.68. The third-order valence-electron chi connectivity index (χ3n) is 2.63. The molecule has 4 heteroatoms. The first kappa shape index (κ1) is 13.8. The molecule has 0 saturated carbocycles. The summed E-state index contributed by atoms with van der Waals surface area (Å²) in [4.78, 5) is 14.8. The van der Waals surface area contributed by atoms with Crippen molar-refractivity contribution in [2.45, 2.75) is 13.5 Å². The lowest BCUT2D eigenvalue weighted by atomic mass is 10.2. The van der Waals surface area contributed by atoms with Gasteiger partial charge in [-0.15, -0.1) is 0 Å². The number of nitrogens with zero attached hydrogens (tertiary/aromatic N) is 1. The molecule has 4 nitrogen and oxygen atoms in total. The number of carboxylic acid groups (broad SMARTS) is 1. The molecule has 0 aliphatic rings. The van der Waals surface area contributed by atoms with Gasteiger partial charge < -0.3 is 9.84 Å². The molecule has 102 valence electrons. The van der Waals surface area contributed by atoms with Gasteiger partial charge in [0.1, 0.15) is 12.4 Å². The van der Waals surface area contributed by atoms with Crippen LogP contribution in [-0.4, -0.2) is 16.1 Å². The highest BCUT2D eigenvalue weighted by atomic mass is 16.5. The predicted molar refractivity (Wildman–Crippen MR) is 76.4 cm³/mol. The van der Waals surface area contributed by atoms with Crippen LogP contribution in [0.2, 0.25) is 0 Å². The first-order valence-electron chi connectivity index (χ1n) is 6.20. The van der Waals surface area contributed by atoms with Gasteiger partial charge in [-0.3, -0.25) is 4.98 Å². The average molecular weight is 269 g/mol. The molecule has 0 bridgehead atoms. The van der Waals surface area contributed by atoms with Crippen molar-refractivity contribution >= 4 is 12.0 Å². The Balaban J connectivity index is 1.95. The fraction of sp³-hybridized carbons (Fsp3) is 0.125. The molecule has 1 N–H and O–H groups in total. The fourth-order valence-corrected chi connectivity index (χ4v) is 1.68. The number of carbonyl (C=O) groups is 1. The quantitative estimate of drug-likeness (QED) is 0.847. The van der Waals surface area contributed by atoms with Crippen molar-refractivity contribution in [2.75, 3.05) is 0 Å². The number of aromatic nitrogens is 1. The molecule has 0 aliphatic heterocycles. The van der Waals surface area contributed by atoms with Crippen LogP contribution in [0.5, 0.6) is 5.75 Å². The van der Waals surface area contributed by atoms with Crippen molar-refractivity contribution in [3.63, 3.8) is 0 Å². The first-order chi connectivity index (χ1) is 9.63. The van der Waals surface area contributed by atoms with Crippen LogP contribution in [-0.2, 0) is 11.4 Å². The minimum Gasteiger partial charge on any atom is -0.487 e. The van der Waals surface area contributed by atoms with E-state index in [-0.39, 0.29) is 0 Å². The van der Waals surface area contributed by atoms with E-state index in [2.05, 4.69) is 4.98 Å². The summed E-state index contributed by atoms with van der Waals surface area (Å²) in [6.07, 6.45) is 2.64. The monoisotopic (exact) mass is 269 g/mol. The molecule has 0 amide bonds. The maximum Gasteiger partial charge on any atom is 0.328 e. The van der Waals surface area contributed by atoms with Crippen LogP contribution in [0.15, 0.2) is 48.5 Å². The summed E-state index contributed by atoms with van der Waals surface area (Å²) in [5, 5.41) is 8.54. The highest BCUT2D eigenvalue weighted by Crippen LogP contribution is 2.14. The second-order valence-corrected chi connectivity index (χ2v) is 4.30. The lowest BCUT2D eigenvalue weighted by molar-refractivity contribution is -0.131. The molecule has 0 unspecified atom stereocenters. The summed E-state index contributed by atoms with van der Waals surface area (Å²) >= 11 is 0. The predicted octanol–water partition coefficient (Wildman–Crippen LogP) is 3.07. The van der Waals surface area contributed by atoms with Crippen LogP contribution in [0.1, 0.15) is 17.0 Å². The van der Waals surface area contributed by atoms with E-state index in [9.17, 15) is 4.79 Å². The number of pyridine rings is 1. The van der Waals surface area contributed by atoms with E-state index in [1.54, 1.807) is 24.3 Å². The van der Waals surface area contributed by atoms with Crippen molar-refractivity contribution in [2.24, 2.45) is 0 Å². The normalized spacial score (nSPS) is 10.7. The molecule has 0 spiro atoms. The van der Waals surface area contributed by atoms with Crippen molar-refractivity contribution < 1.29 is 14.6 Å². The van der Waals surface area contributed by atoms with Crippen molar-refractivity contribution in [1.82, 2.24) is 4.98 Å². The van der Waals surface area contributed by atoms with E-state index in [1.165, 1.54) is 6.08 Å². The largest absolute Gasteiger partial charge is 0.487 e. The molecule has 1 aromatic heterocycles. The SMILES string of the molecule is Cc1cccc(COc2ccc(C=CC(=O)O)cc2)n1. The Kier molecular flexibility index (Phi) is 4.50. The number of hydrogen-bond acceptors (Lipinski definition) is 3. The maximum absolute atomic E-state index is 10.4. The third-order valence-corrected chi connectivity index (χ3v) is 2.63. The summed E-state index contributed by atoms with van der Waals surface area (Å²) in [6, 6.07) is 13.0. The molecule has 0 atom stereocenters. The van der Waals surface area contributed by atoms with E-state index >= 15 is 0 Å².